The van der Waals surface area contributed by atoms with Crippen LogP contribution in [0.3, 0.4) is 0 Å². The molecule has 116 valence electrons. The van der Waals surface area contributed by atoms with E-state index in [1.807, 2.05) is 12.1 Å². The maximum Gasteiger partial charge on any atom is 0.248 e. The Bertz CT molecular complexity index is 885. The molecule has 1 aliphatic rings. The van der Waals surface area contributed by atoms with Crippen LogP contribution in [0.25, 0.3) is 22.3 Å². The molecule has 1 amide bonds. The van der Waals surface area contributed by atoms with E-state index in [0.717, 1.165) is 29.6 Å². The Labute approximate surface area is 132 Å². The third-order valence-corrected chi connectivity index (χ3v) is 4.32. The van der Waals surface area contributed by atoms with Gasteiger partial charge in [-0.2, -0.15) is 10.1 Å². The van der Waals surface area contributed by atoms with Crippen molar-refractivity contribution in [3.8, 4) is 11.3 Å². The van der Waals surface area contributed by atoms with Crippen LogP contribution in [0, 0.1) is 0 Å². The van der Waals surface area contributed by atoms with Gasteiger partial charge in [-0.05, 0) is 25.5 Å². The Morgan fingerprint density at radius 2 is 2.09 bits per heavy atom. The Morgan fingerprint density at radius 1 is 1.30 bits per heavy atom. The van der Waals surface area contributed by atoms with Gasteiger partial charge in [0, 0.05) is 23.7 Å². The minimum atomic E-state index is -0.442. The Hall–Kier alpha value is -2.96. The number of anilines is 1. The summed E-state index contributed by atoms with van der Waals surface area (Å²) in [6, 6.07) is 7.55. The number of primary amides is 1. The van der Waals surface area contributed by atoms with Crippen molar-refractivity contribution >= 4 is 22.9 Å². The third-order valence-electron chi connectivity index (χ3n) is 4.32. The SMILES string of the molecule is C[C@H]1CCN1c1nc(-c2ccc(C(N)=O)cc2)c2cn[nH]c2n1. The third kappa shape index (κ3) is 2.21. The Balaban J connectivity index is 1.84. The van der Waals surface area contributed by atoms with Crippen LogP contribution < -0.4 is 10.6 Å². The van der Waals surface area contributed by atoms with Crippen LogP contribution in [0.15, 0.2) is 30.5 Å². The summed E-state index contributed by atoms with van der Waals surface area (Å²) >= 11 is 0. The molecule has 0 saturated carbocycles. The number of aromatic amines is 1. The van der Waals surface area contributed by atoms with E-state index in [2.05, 4.69) is 27.0 Å². The average molecular weight is 308 g/mol. The number of amides is 1. The van der Waals surface area contributed by atoms with Crippen molar-refractivity contribution in [3.63, 3.8) is 0 Å². The van der Waals surface area contributed by atoms with Gasteiger partial charge in [-0.3, -0.25) is 9.89 Å². The fourth-order valence-corrected chi connectivity index (χ4v) is 2.78. The zero-order valence-electron chi connectivity index (χ0n) is 12.7. The summed E-state index contributed by atoms with van der Waals surface area (Å²) in [7, 11) is 0. The van der Waals surface area contributed by atoms with Crippen LogP contribution in [0.5, 0.6) is 0 Å². The number of H-pyrrole nitrogens is 1. The largest absolute Gasteiger partial charge is 0.366 e. The zero-order chi connectivity index (χ0) is 16.0. The summed E-state index contributed by atoms with van der Waals surface area (Å²) < 4.78 is 0. The first-order valence-corrected chi connectivity index (χ1v) is 7.51. The standard InChI is InChI=1S/C16H16N6O/c1-9-6-7-22(9)16-19-13(12-8-18-21-15(12)20-16)10-2-4-11(5-3-10)14(17)23/h2-5,8-9H,6-7H2,1H3,(H2,17,23)(H,18,19,20,21)/t9-/m0/s1. The predicted molar refractivity (Wildman–Crippen MR) is 87.1 cm³/mol. The molecule has 7 heteroatoms. The maximum atomic E-state index is 11.2. The van der Waals surface area contributed by atoms with Gasteiger partial charge in [-0.15, -0.1) is 0 Å². The number of carbonyl (C=O) groups is 1. The highest BCUT2D eigenvalue weighted by molar-refractivity contribution is 5.95. The maximum absolute atomic E-state index is 11.2. The van der Waals surface area contributed by atoms with E-state index in [9.17, 15) is 4.79 Å². The minimum Gasteiger partial charge on any atom is -0.366 e. The lowest BCUT2D eigenvalue weighted by molar-refractivity contribution is 0.100. The van der Waals surface area contributed by atoms with Crippen molar-refractivity contribution in [2.45, 2.75) is 19.4 Å². The molecule has 3 aromatic rings. The van der Waals surface area contributed by atoms with Gasteiger partial charge in [0.1, 0.15) is 0 Å². The number of fused-ring (bicyclic) bond motifs is 1. The molecule has 0 bridgehead atoms. The van der Waals surface area contributed by atoms with E-state index in [1.165, 1.54) is 0 Å². The summed E-state index contributed by atoms with van der Waals surface area (Å²) in [6.07, 6.45) is 2.86. The molecule has 1 atom stereocenters. The summed E-state index contributed by atoms with van der Waals surface area (Å²) in [5.74, 6) is 0.261. The summed E-state index contributed by atoms with van der Waals surface area (Å²) in [5, 5.41) is 7.85. The molecule has 0 radical (unpaired) electrons. The first-order chi connectivity index (χ1) is 11.1. The normalized spacial score (nSPS) is 17.3. The highest BCUT2D eigenvalue weighted by Gasteiger charge is 2.27. The number of carbonyl (C=O) groups excluding carboxylic acids is 1. The van der Waals surface area contributed by atoms with E-state index < -0.39 is 5.91 Å². The van der Waals surface area contributed by atoms with Crippen LogP contribution in [0.2, 0.25) is 0 Å². The fourth-order valence-electron chi connectivity index (χ4n) is 2.78. The number of hydrogen-bond acceptors (Lipinski definition) is 5. The molecule has 0 unspecified atom stereocenters. The summed E-state index contributed by atoms with van der Waals surface area (Å²) in [5.41, 5.74) is 8.18. The van der Waals surface area contributed by atoms with Gasteiger partial charge in [-0.1, -0.05) is 12.1 Å². The van der Waals surface area contributed by atoms with Crippen LogP contribution in [-0.2, 0) is 0 Å². The van der Waals surface area contributed by atoms with Crippen LogP contribution in [-0.4, -0.2) is 38.7 Å². The second kappa shape index (κ2) is 5.05. The van der Waals surface area contributed by atoms with E-state index in [4.69, 9.17) is 10.7 Å². The number of aromatic nitrogens is 4. The number of benzene rings is 1. The number of rotatable bonds is 3. The number of nitrogens with two attached hydrogens (primary N) is 1. The van der Waals surface area contributed by atoms with E-state index in [-0.39, 0.29) is 0 Å². The molecule has 3 N–H and O–H groups in total. The second-order valence-electron chi connectivity index (χ2n) is 5.78. The molecule has 2 aromatic heterocycles. The van der Waals surface area contributed by atoms with Gasteiger partial charge in [0.05, 0.1) is 17.3 Å². The summed E-state index contributed by atoms with van der Waals surface area (Å²) in [6.45, 7) is 3.12. The molecule has 7 nitrogen and oxygen atoms in total. The highest BCUT2D eigenvalue weighted by atomic mass is 16.1. The number of nitrogens with zero attached hydrogens (tertiary/aromatic N) is 4. The van der Waals surface area contributed by atoms with Crippen molar-refractivity contribution < 1.29 is 4.79 Å². The van der Waals surface area contributed by atoms with Crippen LogP contribution >= 0.6 is 0 Å². The Morgan fingerprint density at radius 3 is 2.70 bits per heavy atom. The number of hydrogen-bond donors (Lipinski definition) is 2. The van der Waals surface area contributed by atoms with Crippen molar-refractivity contribution in [1.82, 2.24) is 20.2 Å². The van der Waals surface area contributed by atoms with E-state index >= 15 is 0 Å². The molecule has 3 heterocycles. The van der Waals surface area contributed by atoms with E-state index in [0.29, 0.717) is 23.2 Å². The number of nitrogens with one attached hydrogen (secondary N) is 1. The van der Waals surface area contributed by atoms with Gasteiger partial charge in [0.2, 0.25) is 11.9 Å². The monoisotopic (exact) mass is 308 g/mol. The topological polar surface area (TPSA) is 101 Å². The van der Waals surface area contributed by atoms with Crippen molar-refractivity contribution in [3.05, 3.63) is 36.0 Å². The molecule has 4 rings (SSSR count). The molecule has 0 spiro atoms. The fraction of sp³-hybridized carbons (Fsp3) is 0.250. The van der Waals surface area contributed by atoms with E-state index in [1.54, 1.807) is 18.3 Å². The molecule has 1 fully saturated rings. The first-order valence-electron chi connectivity index (χ1n) is 7.51. The molecule has 1 saturated heterocycles. The molecule has 0 aliphatic carbocycles. The van der Waals surface area contributed by atoms with Crippen molar-refractivity contribution in [2.24, 2.45) is 5.73 Å². The molecular formula is C16H16N6O. The lowest BCUT2D eigenvalue weighted by Crippen LogP contribution is -2.46. The lowest BCUT2D eigenvalue weighted by atomic mass is 10.1. The average Bonchev–Trinajstić information content (AvgIpc) is 3.01. The van der Waals surface area contributed by atoms with Gasteiger partial charge in [0.15, 0.2) is 5.65 Å². The van der Waals surface area contributed by atoms with Gasteiger partial charge in [0.25, 0.3) is 0 Å². The molecule has 23 heavy (non-hydrogen) atoms. The minimum absolute atomic E-state index is 0.442. The second-order valence-corrected chi connectivity index (χ2v) is 5.78. The van der Waals surface area contributed by atoms with Crippen LogP contribution in [0.4, 0.5) is 5.95 Å². The van der Waals surface area contributed by atoms with Crippen molar-refractivity contribution in [1.29, 1.82) is 0 Å². The zero-order valence-corrected chi connectivity index (χ0v) is 12.7. The summed E-state index contributed by atoms with van der Waals surface area (Å²) in [4.78, 5) is 22.7. The highest BCUT2D eigenvalue weighted by Crippen LogP contribution is 2.30. The van der Waals surface area contributed by atoms with Crippen molar-refractivity contribution in [2.75, 3.05) is 11.4 Å². The predicted octanol–water partition coefficient (Wildman–Crippen LogP) is 1.72. The van der Waals surface area contributed by atoms with Gasteiger partial charge in [-0.25, -0.2) is 4.98 Å². The first kappa shape index (κ1) is 13.7. The van der Waals surface area contributed by atoms with Crippen LogP contribution in [0.1, 0.15) is 23.7 Å². The molecular weight excluding hydrogens is 292 g/mol. The van der Waals surface area contributed by atoms with Gasteiger partial charge >= 0.3 is 0 Å². The Kier molecular flexibility index (Phi) is 3.00. The lowest BCUT2D eigenvalue weighted by Gasteiger charge is -2.38. The smallest absolute Gasteiger partial charge is 0.248 e. The van der Waals surface area contributed by atoms with Gasteiger partial charge < -0.3 is 10.6 Å². The quantitative estimate of drug-likeness (QED) is 0.767. The molecule has 1 aliphatic heterocycles. The molecule has 1 aromatic carbocycles.